The van der Waals surface area contributed by atoms with Crippen LogP contribution in [0.3, 0.4) is 0 Å². The average molecular weight is 312 g/mol. The Bertz CT molecular complexity index is 624. The van der Waals surface area contributed by atoms with Crippen molar-refractivity contribution in [2.45, 2.75) is 33.6 Å². The Morgan fingerprint density at radius 1 is 1.33 bits per heavy atom. The van der Waals surface area contributed by atoms with Crippen LogP contribution in [0, 0.1) is 13.8 Å². The lowest BCUT2D eigenvalue weighted by atomic mass is 10.1. The Labute approximate surface area is 113 Å². The fourth-order valence-corrected chi connectivity index (χ4v) is 2.44. The van der Waals surface area contributed by atoms with Gasteiger partial charge in [0, 0.05) is 0 Å². The van der Waals surface area contributed by atoms with Crippen molar-refractivity contribution >= 4 is 15.9 Å². The first-order valence-electron chi connectivity index (χ1n) is 5.64. The van der Waals surface area contributed by atoms with E-state index in [0.29, 0.717) is 21.8 Å². The highest BCUT2D eigenvalue weighted by atomic mass is 79.9. The molecule has 0 atom stereocenters. The zero-order valence-corrected chi connectivity index (χ0v) is 12.3. The van der Waals surface area contributed by atoms with Gasteiger partial charge in [0.15, 0.2) is 0 Å². The molecule has 0 aromatic carbocycles. The molecule has 0 unspecified atom stereocenters. The molecule has 0 saturated carbocycles. The molecule has 0 aliphatic heterocycles. The van der Waals surface area contributed by atoms with Gasteiger partial charge in [0.25, 0.3) is 5.56 Å². The molecule has 1 N–H and O–H groups in total. The molecule has 0 fully saturated rings. The lowest BCUT2D eigenvalue weighted by molar-refractivity contribution is 0.393. The van der Waals surface area contributed by atoms with Crippen molar-refractivity contribution in [3.63, 3.8) is 0 Å². The van der Waals surface area contributed by atoms with Crippen molar-refractivity contribution in [2.75, 3.05) is 0 Å². The number of H-pyrrole nitrogens is 1. The zero-order chi connectivity index (χ0) is 13.4. The molecule has 2 rings (SSSR count). The number of nitrogens with zero attached hydrogens (tertiary/aromatic N) is 2. The van der Waals surface area contributed by atoms with E-state index in [1.807, 2.05) is 20.8 Å². The standard InChI is InChI=1S/C12H14BrN3O2/c1-5(2)10-9(13)12(17)15-11(14-10)8-6(3)16-18-7(8)4/h5H,1-4H3,(H,14,15,17). The van der Waals surface area contributed by atoms with Gasteiger partial charge in [-0.2, -0.15) is 0 Å². The topological polar surface area (TPSA) is 71.8 Å². The van der Waals surface area contributed by atoms with E-state index in [9.17, 15) is 4.79 Å². The number of aromatic nitrogens is 3. The highest BCUT2D eigenvalue weighted by Crippen LogP contribution is 2.26. The number of rotatable bonds is 2. The Morgan fingerprint density at radius 2 is 2.00 bits per heavy atom. The summed E-state index contributed by atoms with van der Waals surface area (Å²) in [5.74, 6) is 1.30. The summed E-state index contributed by atoms with van der Waals surface area (Å²) in [4.78, 5) is 19.1. The molecule has 0 spiro atoms. The summed E-state index contributed by atoms with van der Waals surface area (Å²) in [6.45, 7) is 7.60. The van der Waals surface area contributed by atoms with Gasteiger partial charge in [0.1, 0.15) is 16.1 Å². The molecule has 0 bridgehead atoms. The number of aryl methyl sites for hydroxylation is 2. The number of halogens is 1. The second kappa shape index (κ2) is 4.68. The van der Waals surface area contributed by atoms with Crippen LogP contribution < -0.4 is 5.56 Å². The molecular formula is C12H14BrN3O2. The van der Waals surface area contributed by atoms with E-state index >= 15 is 0 Å². The third-order valence-electron chi connectivity index (χ3n) is 2.71. The van der Waals surface area contributed by atoms with Gasteiger partial charge in [0.2, 0.25) is 0 Å². The molecule has 0 radical (unpaired) electrons. The van der Waals surface area contributed by atoms with Gasteiger partial charge in [0.05, 0.1) is 17.0 Å². The lowest BCUT2D eigenvalue weighted by Gasteiger charge is -2.08. The van der Waals surface area contributed by atoms with Crippen molar-refractivity contribution in [3.05, 3.63) is 32.0 Å². The van der Waals surface area contributed by atoms with E-state index < -0.39 is 0 Å². The van der Waals surface area contributed by atoms with Crippen LogP contribution in [0.25, 0.3) is 11.4 Å². The van der Waals surface area contributed by atoms with E-state index in [-0.39, 0.29) is 11.5 Å². The van der Waals surface area contributed by atoms with Crippen LogP contribution in [-0.2, 0) is 0 Å². The van der Waals surface area contributed by atoms with Crippen molar-refractivity contribution in [1.82, 2.24) is 15.1 Å². The Morgan fingerprint density at radius 3 is 2.50 bits per heavy atom. The van der Waals surface area contributed by atoms with Gasteiger partial charge in [-0.3, -0.25) is 4.79 Å². The van der Waals surface area contributed by atoms with Crippen LogP contribution in [-0.4, -0.2) is 15.1 Å². The molecule has 5 nitrogen and oxygen atoms in total. The predicted molar refractivity (Wildman–Crippen MR) is 71.6 cm³/mol. The van der Waals surface area contributed by atoms with E-state index in [2.05, 4.69) is 31.1 Å². The summed E-state index contributed by atoms with van der Waals surface area (Å²) in [6, 6.07) is 0. The number of nitrogens with one attached hydrogen (secondary N) is 1. The molecule has 2 aromatic rings. The maximum Gasteiger partial charge on any atom is 0.265 e. The van der Waals surface area contributed by atoms with Crippen LogP contribution in [0.4, 0.5) is 0 Å². The van der Waals surface area contributed by atoms with E-state index in [0.717, 1.165) is 11.3 Å². The first-order chi connectivity index (χ1) is 8.41. The van der Waals surface area contributed by atoms with Crippen molar-refractivity contribution < 1.29 is 4.52 Å². The van der Waals surface area contributed by atoms with Crippen LogP contribution in [0.15, 0.2) is 13.8 Å². The monoisotopic (exact) mass is 311 g/mol. The summed E-state index contributed by atoms with van der Waals surface area (Å²) in [5.41, 5.74) is 2.01. The van der Waals surface area contributed by atoms with E-state index in [1.54, 1.807) is 6.92 Å². The van der Waals surface area contributed by atoms with Gasteiger partial charge >= 0.3 is 0 Å². The van der Waals surface area contributed by atoms with Gasteiger partial charge < -0.3 is 9.51 Å². The summed E-state index contributed by atoms with van der Waals surface area (Å²) in [5, 5.41) is 3.87. The van der Waals surface area contributed by atoms with Crippen LogP contribution in [0.1, 0.15) is 36.9 Å². The van der Waals surface area contributed by atoms with Crippen LogP contribution in [0.2, 0.25) is 0 Å². The fourth-order valence-electron chi connectivity index (χ4n) is 1.80. The van der Waals surface area contributed by atoms with Crippen molar-refractivity contribution in [3.8, 4) is 11.4 Å². The molecule has 2 heterocycles. The molecule has 18 heavy (non-hydrogen) atoms. The predicted octanol–water partition coefficient (Wildman–Crippen LogP) is 2.93. The van der Waals surface area contributed by atoms with Crippen LogP contribution in [0.5, 0.6) is 0 Å². The second-order valence-electron chi connectivity index (χ2n) is 4.47. The number of hydrogen-bond acceptors (Lipinski definition) is 4. The SMILES string of the molecule is Cc1noc(C)c1-c1nc(C(C)C)c(Br)c(=O)[nH]1. The molecule has 96 valence electrons. The summed E-state index contributed by atoms with van der Waals surface area (Å²) in [6.07, 6.45) is 0. The van der Waals surface area contributed by atoms with Crippen molar-refractivity contribution in [1.29, 1.82) is 0 Å². The number of aromatic amines is 1. The summed E-state index contributed by atoms with van der Waals surface area (Å²) < 4.78 is 5.58. The average Bonchev–Trinajstić information content (AvgIpc) is 2.62. The van der Waals surface area contributed by atoms with Crippen molar-refractivity contribution in [2.24, 2.45) is 0 Å². The van der Waals surface area contributed by atoms with Gasteiger partial charge in [-0.25, -0.2) is 4.98 Å². The lowest BCUT2D eigenvalue weighted by Crippen LogP contribution is -2.14. The van der Waals surface area contributed by atoms with E-state index in [1.165, 1.54) is 0 Å². The molecule has 2 aromatic heterocycles. The molecule has 0 aliphatic rings. The highest BCUT2D eigenvalue weighted by Gasteiger charge is 2.18. The molecule has 0 amide bonds. The third kappa shape index (κ3) is 2.12. The second-order valence-corrected chi connectivity index (χ2v) is 5.26. The quantitative estimate of drug-likeness (QED) is 0.925. The molecule has 0 aliphatic carbocycles. The molecular weight excluding hydrogens is 298 g/mol. The number of hydrogen-bond donors (Lipinski definition) is 1. The van der Waals surface area contributed by atoms with Crippen LogP contribution >= 0.6 is 15.9 Å². The Hall–Kier alpha value is -1.43. The summed E-state index contributed by atoms with van der Waals surface area (Å²) in [7, 11) is 0. The Balaban J connectivity index is 2.71. The van der Waals surface area contributed by atoms with Gasteiger partial charge in [-0.15, -0.1) is 0 Å². The minimum absolute atomic E-state index is 0.154. The molecule has 6 heteroatoms. The smallest absolute Gasteiger partial charge is 0.265 e. The zero-order valence-electron chi connectivity index (χ0n) is 10.7. The first kappa shape index (κ1) is 13.0. The largest absolute Gasteiger partial charge is 0.361 e. The highest BCUT2D eigenvalue weighted by molar-refractivity contribution is 9.10. The van der Waals surface area contributed by atoms with Gasteiger partial charge in [-0.1, -0.05) is 19.0 Å². The first-order valence-corrected chi connectivity index (χ1v) is 6.44. The Kier molecular flexibility index (Phi) is 3.38. The van der Waals surface area contributed by atoms with E-state index in [4.69, 9.17) is 4.52 Å². The summed E-state index contributed by atoms with van der Waals surface area (Å²) >= 11 is 3.27. The fraction of sp³-hybridized carbons (Fsp3) is 0.417. The third-order valence-corrected chi connectivity index (χ3v) is 3.47. The maximum absolute atomic E-state index is 11.9. The normalized spacial score (nSPS) is 11.2. The minimum atomic E-state index is -0.191. The molecule has 0 saturated heterocycles. The van der Waals surface area contributed by atoms with Gasteiger partial charge in [-0.05, 0) is 35.7 Å². The minimum Gasteiger partial charge on any atom is -0.361 e. The maximum atomic E-state index is 11.9.